The second kappa shape index (κ2) is 5.21. The maximum atomic E-state index is 13.2. The highest BCUT2D eigenvalue weighted by atomic mass is 35.5. The fourth-order valence-corrected chi connectivity index (χ4v) is 2.22. The highest BCUT2D eigenvalue weighted by Gasteiger charge is 2.15. The van der Waals surface area contributed by atoms with E-state index < -0.39 is 5.82 Å². The van der Waals surface area contributed by atoms with Crippen molar-refractivity contribution in [1.29, 1.82) is 0 Å². The largest absolute Gasteiger partial charge is 0.380 e. The molecule has 0 spiro atoms. The summed E-state index contributed by atoms with van der Waals surface area (Å²) in [5.41, 5.74) is 0.729. The monoisotopic (exact) mass is 263 g/mol. The Labute approximate surface area is 104 Å². The molecular formula is C11H12Cl2FNO. The van der Waals surface area contributed by atoms with Crippen molar-refractivity contribution in [3.63, 3.8) is 0 Å². The minimum absolute atomic E-state index is 0.0340. The molecule has 1 fully saturated rings. The first kappa shape index (κ1) is 12.0. The molecule has 2 nitrogen and oxygen atoms in total. The van der Waals surface area contributed by atoms with Gasteiger partial charge in [-0.1, -0.05) is 23.2 Å². The van der Waals surface area contributed by atoms with Gasteiger partial charge in [0.15, 0.2) is 5.82 Å². The highest BCUT2D eigenvalue weighted by molar-refractivity contribution is 6.35. The van der Waals surface area contributed by atoms with Crippen LogP contribution in [0.4, 0.5) is 10.1 Å². The molecule has 1 N–H and O–H groups in total. The van der Waals surface area contributed by atoms with Crippen LogP contribution >= 0.6 is 23.2 Å². The van der Waals surface area contributed by atoms with E-state index in [2.05, 4.69) is 5.32 Å². The van der Waals surface area contributed by atoms with Crippen molar-refractivity contribution in [3.8, 4) is 0 Å². The van der Waals surface area contributed by atoms with Gasteiger partial charge < -0.3 is 10.1 Å². The zero-order chi connectivity index (χ0) is 11.5. The van der Waals surface area contributed by atoms with E-state index in [0.29, 0.717) is 6.61 Å². The second-order valence-electron chi connectivity index (χ2n) is 3.81. The summed E-state index contributed by atoms with van der Waals surface area (Å²) in [6.07, 6.45) is 2.06. The van der Waals surface area contributed by atoms with Gasteiger partial charge in [0, 0.05) is 18.3 Å². The van der Waals surface area contributed by atoms with Gasteiger partial charge in [-0.15, -0.1) is 0 Å². The van der Waals surface area contributed by atoms with E-state index in [1.54, 1.807) is 0 Å². The lowest BCUT2D eigenvalue weighted by molar-refractivity contribution is 0.0876. The molecule has 1 aliphatic heterocycles. The standard InChI is InChI=1S/C11H12Cl2FNO/c12-9-4-8(5-10(13)11(9)14)15-7-2-1-3-16-6-7/h4-5,7,15H,1-3,6H2. The van der Waals surface area contributed by atoms with Crippen LogP contribution in [-0.4, -0.2) is 19.3 Å². The molecule has 1 atom stereocenters. The maximum Gasteiger partial charge on any atom is 0.160 e. The topological polar surface area (TPSA) is 21.3 Å². The van der Waals surface area contributed by atoms with Crippen LogP contribution in [0.15, 0.2) is 12.1 Å². The SMILES string of the molecule is Fc1c(Cl)cc(NC2CCCOC2)cc1Cl. The second-order valence-corrected chi connectivity index (χ2v) is 4.63. The number of hydrogen-bond acceptors (Lipinski definition) is 2. The number of nitrogens with one attached hydrogen (secondary N) is 1. The zero-order valence-electron chi connectivity index (χ0n) is 8.60. The van der Waals surface area contributed by atoms with E-state index in [0.717, 1.165) is 25.1 Å². The van der Waals surface area contributed by atoms with Crippen LogP contribution in [0.5, 0.6) is 0 Å². The van der Waals surface area contributed by atoms with Crippen LogP contribution < -0.4 is 5.32 Å². The smallest absolute Gasteiger partial charge is 0.160 e. The molecule has 2 rings (SSSR count). The third kappa shape index (κ3) is 2.78. The Balaban J connectivity index is 2.09. The van der Waals surface area contributed by atoms with Crippen molar-refractivity contribution in [2.24, 2.45) is 0 Å². The molecule has 0 amide bonds. The molecule has 0 bridgehead atoms. The zero-order valence-corrected chi connectivity index (χ0v) is 10.1. The van der Waals surface area contributed by atoms with E-state index in [-0.39, 0.29) is 16.1 Å². The summed E-state index contributed by atoms with van der Waals surface area (Å²) in [4.78, 5) is 0. The van der Waals surface area contributed by atoms with Gasteiger partial charge in [0.2, 0.25) is 0 Å². The fourth-order valence-electron chi connectivity index (χ4n) is 1.73. The number of benzene rings is 1. The van der Waals surface area contributed by atoms with Crippen LogP contribution in [0.3, 0.4) is 0 Å². The van der Waals surface area contributed by atoms with Crippen molar-refractivity contribution < 1.29 is 9.13 Å². The van der Waals surface area contributed by atoms with E-state index in [4.69, 9.17) is 27.9 Å². The molecule has 0 aromatic heterocycles. The first-order valence-electron chi connectivity index (χ1n) is 5.15. The first-order chi connectivity index (χ1) is 7.66. The Kier molecular flexibility index (Phi) is 3.90. The van der Waals surface area contributed by atoms with Gasteiger partial charge in [-0.3, -0.25) is 0 Å². The number of anilines is 1. The molecule has 1 saturated heterocycles. The number of halogens is 3. The molecule has 0 aliphatic carbocycles. The Morgan fingerprint density at radius 2 is 2.00 bits per heavy atom. The van der Waals surface area contributed by atoms with E-state index in [1.165, 1.54) is 12.1 Å². The predicted molar refractivity (Wildman–Crippen MR) is 63.9 cm³/mol. The minimum atomic E-state index is -0.575. The summed E-state index contributed by atoms with van der Waals surface area (Å²) in [6, 6.07) is 3.32. The van der Waals surface area contributed by atoms with Crippen LogP contribution in [0, 0.1) is 5.82 Å². The van der Waals surface area contributed by atoms with Crippen LogP contribution in [-0.2, 0) is 4.74 Å². The summed E-state index contributed by atoms with van der Waals surface area (Å²) in [5, 5.41) is 3.30. The van der Waals surface area contributed by atoms with Gasteiger partial charge in [-0.05, 0) is 25.0 Å². The molecule has 1 aliphatic rings. The van der Waals surface area contributed by atoms with Gasteiger partial charge in [0.1, 0.15) is 0 Å². The summed E-state index contributed by atoms with van der Waals surface area (Å²) in [6.45, 7) is 1.47. The predicted octanol–water partition coefficient (Wildman–Crippen LogP) is 3.72. The molecule has 1 unspecified atom stereocenters. The van der Waals surface area contributed by atoms with Crippen LogP contribution in [0.25, 0.3) is 0 Å². The molecular weight excluding hydrogens is 252 g/mol. The van der Waals surface area contributed by atoms with E-state index in [9.17, 15) is 4.39 Å². The number of ether oxygens (including phenoxy) is 1. The molecule has 0 saturated carbocycles. The summed E-state index contributed by atoms with van der Waals surface area (Å²) < 4.78 is 18.5. The summed E-state index contributed by atoms with van der Waals surface area (Å²) in [5.74, 6) is -0.575. The maximum absolute atomic E-state index is 13.2. The van der Waals surface area contributed by atoms with Gasteiger partial charge in [0.05, 0.1) is 16.7 Å². The lowest BCUT2D eigenvalue weighted by atomic mass is 10.1. The Bertz CT molecular complexity index is 357. The van der Waals surface area contributed by atoms with Gasteiger partial charge >= 0.3 is 0 Å². The molecule has 5 heteroatoms. The van der Waals surface area contributed by atoms with E-state index >= 15 is 0 Å². The van der Waals surface area contributed by atoms with Crippen LogP contribution in [0.1, 0.15) is 12.8 Å². The molecule has 16 heavy (non-hydrogen) atoms. The Morgan fingerprint density at radius 1 is 1.31 bits per heavy atom. The molecule has 1 heterocycles. The number of rotatable bonds is 2. The lowest BCUT2D eigenvalue weighted by Crippen LogP contribution is -2.29. The molecule has 0 radical (unpaired) electrons. The average Bonchev–Trinajstić information content (AvgIpc) is 2.27. The Morgan fingerprint density at radius 3 is 2.56 bits per heavy atom. The lowest BCUT2D eigenvalue weighted by Gasteiger charge is -2.24. The molecule has 88 valence electrons. The minimum Gasteiger partial charge on any atom is -0.380 e. The normalized spacial score (nSPS) is 20.8. The van der Waals surface area contributed by atoms with Gasteiger partial charge in [0.25, 0.3) is 0 Å². The first-order valence-corrected chi connectivity index (χ1v) is 5.91. The quantitative estimate of drug-likeness (QED) is 0.822. The van der Waals surface area contributed by atoms with Crippen molar-refractivity contribution in [1.82, 2.24) is 0 Å². The van der Waals surface area contributed by atoms with Crippen molar-refractivity contribution in [2.45, 2.75) is 18.9 Å². The van der Waals surface area contributed by atoms with Crippen molar-refractivity contribution in [3.05, 3.63) is 28.0 Å². The van der Waals surface area contributed by atoms with Crippen molar-refractivity contribution >= 4 is 28.9 Å². The number of hydrogen-bond donors (Lipinski definition) is 1. The fraction of sp³-hybridized carbons (Fsp3) is 0.455. The van der Waals surface area contributed by atoms with Crippen LogP contribution in [0.2, 0.25) is 10.0 Å². The van der Waals surface area contributed by atoms with Gasteiger partial charge in [-0.2, -0.15) is 0 Å². The highest BCUT2D eigenvalue weighted by Crippen LogP contribution is 2.28. The van der Waals surface area contributed by atoms with E-state index in [1.807, 2.05) is 0 Å². The summed E-state index contributed by atoms with van der Waals surface area (Å²) in [7, 11) is 0. The van der Waals surface area contributed by atoms with Gasteiger partial charge in [-0.25, -0.2) is 4.39 Å². The average molecular weight is 264 g/mol. The molecule has 1 aromatic rings. The third-order valence-electron chi connectivity index (χ3n) is 2.51. The Hall–Kier alpha value is -0.510. The van der Waals surface area contributed by atoms with Crippen molar-refractivity contribution in [2.75, 3.05) is 18.5 Å². The molecule has 1 aromatic carbocycles. The summed E-state index contributed by atoms with van der Waals surface area (Å²) >= 11 is 11.4. The third-order valence-corrected chi connectivity index (χ3v) is 3.06.